The molecule has 0 saturated heterocycles. The molecule has 156 valence electrons. The molecule has 9 heteroatoms. The molecule has 0 saturated carbocycles. The van der Waals surface area contributed by atoms with E-state index < -0.39 is 17.6 Å². The van der Waals surface area contributed by atoms with Crippen molar-refractivity contribution < 1.29 is 22.7 Å². The van der Waals surface area contributed by atoms with Crippen LogP contribution in [0.1, 0.15) is 27.2 Å². The average molecular weight is 433 g/mol. The number of rotatable bonds is 3. The molecular formula is C21H18F3N3O2S. The van der Waals surface area contributed by atoms with Crippen molar-refractivity contribution in [3.05, 3.63) is 64.2 Å². The zero-order valence-corrected chi connectivity index (χ0v) is 17.3. The van der Waals surface area contributed by atoms with Gasteiger partial charge in [-0.1, -0.05) is 0 Å². The molecular weight excluding hydrogens is 415 g/mol. The SMILES string of the molecule is COc1ccc(N2CN(c3sccc3C)c3ccc(C(F)(F)F)cc3C2=O)c(C)n1. The van der Waals surface area contributed by atoms with E-state index in [1.54, 1.807) is 19.1 Å². The van der Waals surface area contributed by atoms with Crippen molar-refractivity contribution in [3.63, 3.8) is 0 Å². The molecule has 0 aliphatic carbocycles. The van der Waals surface area contributed by atoms with Crippen LogP contribution in [0.3, 0.4) is 0 Å². The van der Waals surface area contributed by atoms with Crippen LogP contribution in [0.25, 0.3) is 0 Å². The van der Waals surface area contributed by atoms with E-state index in [1.165, 1.54) is 29.4 Å². The number of aromatic nitrogens is 1. The summed E-state index contributed by atoms with van der Waals surface area (Å²) < 4.78 is 45.1. The van der Waals surface area contributed by atoms with Crippen LogP contribution < -0.4 is 14.5 Å². The van der Waals surface area contributed by atoms with E-state index in [-0.39, 0.29) is 12.2 Å². The van der Waals surface area contributed by atoms with Gasteiger partial charge in [0.1, 0.15) is 6.67 Å². The molecule has 5 nitrogen and oxygen atoms in total. The molecule has 1 aliphatic rings. The van der Waals surface area contributed by atoms with E-state index in [0.717, 1.165) is 22.7 Å². The summed E-state index contributed by atoms with van der Waals surface area (Å²) in [6, 6.07) is 8.55. The number of halogens is 3. The van der Waals surface area contributed by atoms with Crippen molar-refractivity contribution >= 4 is 33.6 Å². The number of pyridine rings is 1. The molecule has 1 aliphatic heterocycles. The van der Waals surface area contributed by atoms with Gasteiger partial charge in [0.05, 0.1) is 40.3 Å². The molecule has 2 aromatic heterocycles. The minimum absolute atomic E-state index is 0.000840. The molecule has 1 amide bonds. The van der Waals surface area contributed by atoms with E-state index >= 15 is 0 Å². The average Bonchev–Trinajstić information content (AvgIpc) is 3.13. The third-order valence-corrected chi connectivity index (χ3v) is 6.02. The Labute approximate surface area is 175 Å². The summed E-state index contributed by atoms with van der Waals surface area (Å²) in [5.74, 6) is -0.108. The lowest BCUT2D eigenvalue weighted by Crippen LogP contribution is -2.45. The Kier molecular flexibility index (Phi) is 4.93. The maximum Gasteiger partial charge on any atom is 0.416 e. The molecule has 4 rings (SSSR count). The standard InChI is InChI=1S/C21H18F3N3O2S/c1-12-8-9-30-20(12)27-11-26(16-6-7-18(29-3)25-13(16)2)19(28)15-10-14(21(22,23)24)4-5-17(15)27/h4-10H,11H2,1-3H3. The summed E-state index contributed by atoms with van der Waals surface area (Å²) in [6.45, 7) is 3.82. The highest BCUT2D eigenvalue weighted by molar-refractivity contribution is 7.14. The number of alkyl halides is 3. The highest BCUT2D eigenvalue weighted by atomic mass is 32.1. The minimum atomic E-state index is -4.54. The number of nitrogens with zero attached hydrogens (tertiary/aromatic N) is 3. The summed E-state index contributed by atoms with van der Waals surface area (Å²) >= 11 is 1.47. The van der Waals surface area contributed by atoms with E-state index in [0.29, 0.717) is 22.9 Å². The smallest absolute Gasteiger partial charge is 0.416 e. The largest absolute Gasteiger partial charge is 0.481 e. The second kappa shape index (κ2) is 7.32. The number of fused-ring (bicyclic) bond motifs is 1. The van der Waals surface area contributed by atoms with Gasteiger partial charge in [0.25, 0.3) is 5.91 Å². The van der Waals surface area contributed by atoms with Crippen LogP contribution in [0.15, 0.2) is 41.8 Å². The number of thiophene rings is 1. The number of amides is 1. The van der Waals surface area contributed by atoms with Crippen molar-refractivity contribution in [2.75, 3.05) is 23.6 Å². The number of hydrogen-bond donors (Lipinski definition) is 0. The molecule has 1 aromatic carbocycles. The van der Waals surface area contributed by atoms with Crippen LogP contribution in [0.4, 0.5) is 29.5 Å². The molecule has 0 N–H and O–H groups in total. The molecule has 0 unspecified atom stereocenters. The zero-order chi connectivity index (χ0) is 21.6. The Morgan fingerprint density at radius 3 is 2.40 bits per heavy atom. The summed E-state index contributed by atoms with van der Waals surface area (Å²) in [5, 5.41) is 2.78. The normalized spacial score (nSPS) is 14.1. The molecule has 0 atom stereocenters. The van der Waals surface area contributed by atoms with Crippen LogP contribution in [-0.4, -0.2) is 24.7 Å². The predicted octanol–water partition coefficient (Wildman–Crippen LogP) is 5.54. The second-order valence-corrected chi connectivity index (χ2v) is 7.79. The van der Waals surface area contributed by atoms with Gasteiger partial charge in [-0.25, -0.2) is 4.98 Å². The summed E-state index contributed by atoms with van der Waals surface area (Å²) in [5.41, 5.74) is 1.63. The van der Waals surface area contributed by atoms with Gasteiger partial charge in [0.2, 0.25) is 5.88 Å². The van der Waals surface area contributed by atoms with Gasteiger partial charge in [-0.15, -0.1) is 11.3 Å². The molecule has 3 aromatic rings. The van der Waals surface area contributed by atoms with Crippen molar-refractivity contribution in [1.29, 1.82) is 0 Å². The maximum absolute atomic E-state index is 13.3. The van der Waals surface area contributed by atoms with Crippen molar-refractivity contribution in [2.24, 2.45) is 0 Å². The number of carbonyl (C=O) groups excluding carboxylic acids is 1. The Morgan fingerprint density at radius 2 is 1.80 bits per heavy atom. The lowest BCUT2D eigenvalue weighted by Gasteiger charge is -2.38. The number of carbonyl (C=O) groups is 1. The van der Waals surface area contributed by atoms with Crippen LogP contribution in [-0.2, 0) is 6.18 Å². The van der Waals surface area contributed by atoms with Gasteiger partial charge in [-0.3, -0.25) is 9.69 Å². The van der Waals surface area contributed by atoms with E-state index in [9.17, 15) is 18.0 Å². The van der Waals surface area contributed by atoms with Crippen molar-refractivity contribution in [2.45, 2.75) is 20.0 Å². The number of benzene rings is 1. The highest BCUT2D eigenvalue weighted by Crippen LogP contribution is 2.42. The van der Waals surface area contributed by atoms with Crippen LogP contribution in [0.5, 0.6) is 5.88 Å². The number of ether oxygens (including phenoxy) is 1. The Balaban J connectivity index is 1.88. The number of aryl methyl sites for hydroxylation is 2. The lowest BCUT2D eigenvalue weighted by atomic mass is 10.0. The monoisotopic (exact) mass is 433 g/mol. The van der Waals surface area contributed by atoms with Gasteiger partial charge in [0.15, 0.2) is 0 Å². The van der Waals surface area contributed by atoms with Gasteiger partial charge in [0, 0.05) is 6.07 Å². The quantitative estimate of drug-likeness (QED) is 0.544. The summed E-state index contributed by atoms with van der Waals surface area (Å²) in [7, 11) is 1.49. The van der Waals surface area contributed by atoms with Crippen LogP contribution in [0, 0.1) is 13.8 Å². The number of hydrogen-bond acceptors (Lipinski definition) is 5. The molecule has 0 radical (unpaired) electrons. The Morgan fingerprint density at radius 1 is 1.07 bits per heavy atom. The van der Waals surface area contributed by atoms with Crippen molar-refractivity contribution in [1.82, 2.24) is 4.98 Å². The van der Waals surface area contributed by atoms with E-state index in [4.69, 9.17) is 4.74 Å². The van der Waals surface area contributed by atoms with Gasteiger partial charge in [-0.2, -0.15) is 13.2 Å². The van der Waals surface area contributed by atoms with Crippen molar-refractivity contribution in [3.8, 4) is 5.88 Å². The third kappa shape index (κ3) is 3.39. The third-order valence-electron chi connectivity index (χ3n) is 4.99. The fraction of sp³-hybridized carbons (Fsp3) is 0.238. The first-order valence-corrected chi connectivity index (χ1v) is 9.95. The summed E-state index contributed by atoms with van der Waals surface area (Å²) in [4.78, 5) is 20.9. The number of anilines is 3. The maximum atomic E-state index is 13.3. The zero-order valence-electron chi connectivity index (χ0n) is 16.4. The Hall–Kier alpha value is -3.07. The topological polar surface area (TPSA) is 45.7 Å². The molecule has 0 bridgehead atoms. The molecule has 0 fully saturated rings. The van der Waals surface area contributed by atoms with Crippen LogP contribution >= 0.6 is 11.3 Å². The lowest BCUT2D eigenvalue weighted by molar-refractivity contribution is -0.137. The fourth-order valence-corrected chi connectivity index (χ4v) is 4.41. The van der Waals surface area contributed by atoms with Gasteiger partial charge >= 0.3 is 6.18 Å². The van der Waals surface area contributed by atoms with Crippen LogP contribution in [0.2, 0.25) is 0 Å². The molecule has 3 heterocycles. The van der Waals surface area contributed by atoms with E-state index in [1.807, 2.05) is 23.3 Å². The predicted molar refractivity (Wildman–Crippen MR) is 110 cm³/mol. The molecule has 30 heavy (non-hydrogen) atoms. The first-order valence-electron chi connectivity index (χ1n) is 9.07. The summed E-state index contributed by atoms with van der Waals surface area (Å²) in [6.07, 6.45) is -4.54. The Bertz CT molecular complexity index is 1130. The second-order valence-electron chi connectivity index (χ2n) is 6.90. The van der Waals surface area contributed by atoms with Gasteiger partial charge < -0.3 is 9.64 Å². The fourth-order valence-electron chi connectivity index (χ4n) is 3.48. The first-order chi connectivity index (χ1) is 14.2. The van der Waals surface area contributed by atoms with E-state index in [2.05, 4.69) is 4.98 Å². The minimum Gasteiger partial charge on any atom is -0.481 e. The molecule has 0 spiro atoms. The highest BCUT2D eigenvalue weighted by Gasteiger charge is 2.37. The first kappa shape index (κ1) is 20.2. The van der Waals surface area contributed by atoms with Gasteiger partial charge in [-0.05, 0) is 55.1 Å². The number of methoxy groups -OCH3 is 1.